The highest BCUT2D eigenvalue weighted by atomic mass is 16.5. The number of benzene rings is 1. The van der Waals surface area contributed by atoms with Crippen molar-refractivity contribution in [1.29, 1.82) is 0 Å². The van der Waals surface area contributed by atoms with Gasteiger partial charge in [0.25, 0.3) is 0 Å². The molecule has 2 heterocycles. The Morgan fingerprint density at radius 1 is 1.27 bits per heavy atom. The second-order valence-electron chi connectivity index (χ2n) is 6.31. The average molecular weight is 302 g/mol. The van der Waals surface area contributed by atoms with E-state index in [4.69, 9.17) is 9.26 Å². The van der Waals surface area contributed by atoms with E-state index in [0.29, 0.717) is 29.7 Å². The Hall–Kier alpha value is -1.88. The van der Waals surface area contributed by atoms with Crippen LogP contribution in [-0.2, 0) is 11.2 Å². The summed E-state index contributed by atoms with van der Waals surface area (Å²) in [7, 11) is 0. The minimum Gasteiger partial charge on any atom is -0.508 e. The third kappa shape index (κ3) is 3.47. The quantitative estimate of drug-likeness (QED) is 0.937. The topological polar surface area (TPSA) is 68.4 Å². The number of ether oxygens (including phenoxy) is 1. The molecule has 118 valence electrons. The molecule has 2 unspecified atom stereocenters. The Balaban J connectivity index is 1.65. The molecular weight excluding hydrogens is 280 g/mol. The summed E-state index contributed by atoms with van der Waals surface area (Å²) < 4.78 is 11.2. The number of nitrogens with zero attached hydrogens (tertiary/aromatic N) is 2. The standard InChI is InChI=1S/C17H22N2O3/c1-11(2)15-9-12(7-8-21-15)10-16-18-17(19-22-16)13-3-5-14(20)6-4-13/h3-6,11-12,15,20H,7-10H2,1-2H3. The maximum absolute atomic E-state index is 9.32. The summed E-state index contributed by atoms with van der Waals surface area (Å²) in [6, 6.07) is 6.81. The van der Waals surface area contributed by atoms with Crippen molar-refractivity contribution in [3.05, 3.63) is 30.2 Å². The van der Waals surface area contributed by atoms with Gasteiger partial charge in [-0.3, -0.25) is 0 Å². The maximum atomic E-state index is 9.32. The summed E-state index contributed by atoms with van der Waals surface area (Å²) in [5.74, 6) is 2.56. The molecule has 0 bridgehead atoms. The van der Waals surface area contributed by atoms with Crippen LogP contribution < -0.4 is 0 Å². The van der Waals surface area contributed by atoms with E-state index in [2.05, 4.69) is 24.0 Å². The van der Waals surface area contributed by atoms with Gasteiger partial charge in [-0.05, 0) is 48.9 Å². The smallest absolute Gasteiger partial charge is 0.227 e. The molecule has 1 N–H and O–H groups in total. The van der Waals surface area contributed by atoms with E-state index >= 15 is 0 Å². The fourth-order valence-electron chi connectivity index (χ4n) is 2.86. The lowest BCUT2D eigenvalue weighted by Crippen LogP contribution is -2.30. The van der Waals surface area contributed by atoms with Gasteiger partial charge in [-0.1, -0.05) is 19.0 Å². The van der Waals surface area contributed by atoms with E-state index < -0.39 is 0 Å². The number of hydrogen-bond donors (Lipinski definition) is 1. The summed E-state index contributed by atoms with van der Waals surface area (Å²) in [5.41, 5.74) is 0.847. The molecular formula is C17H22N2O3. The van der Waals surface area contributed by atoms with Gasteiger partial charge in [0.1, 0.15) is 5.75 Å². The molecule has 0 aliphatic carbocycles. The number of aromatic nitrogens is 2. The molecule has 0 radical (unpaired) electrons. The zero-order valence-corrected chi connectivity index (χ0v) is 13.0. The van der Waals surface area contributed by atoms with Gasteiger partial charge in [-0.2, -0.15) is 4.98 Å². The van der Waals surface area contributed by atoms with Crippen molar-refractivity contribution < 1.29 is 14.4 Å². The van der Waals surface area contributed by atoms with Crippen molar-refractivity contribution in [2.75, 3.05) is 6.61 Å². The monoisotopic (exact) mass is 302 g/mol. The third-order valence-electron chi connectivity index (χ3n) is 4.22. The molecule has 1 aliphatic heterocycles. The SMILES string of the molecule is CC(C)C1CC(Cc2nc(-c3ccc(O)cc3)no2)CCO1. The first-order chi connectivity index (χ1) is 10.6. The first-order valence-electron chi connectivity index (χ1n) is 7.85. The predicted octanol–water partition coefficient (Wildman–Crippen LogP) is 3.44. The van der Waals surface area contributed by atoms with E-state index in [-0.39, 0.29) is 5.75 Å². The Morgan fingerprint density at radius 2 is 2.05 bits per heavy atom. The van der Waals surface area contributed by atoms with Crippen LogP contribution in [0.3, 0.4) is 0 Å². The second kappa shape index (κ2) is 6.48. The fourth-order valence-corrected chi connectivity index (χ4v) is 2.86. The zero-order chi connectivity index (χ0) is 15.5. The molecule has 1 aromatic carbocycles. The Kier molecular flexibility index (Phi) is 4.43. The van der Waals surface area contributed by atoms with Gasteiger partial charge >= 0.3 is 0 Å². The van der Waals surface area contributed by atoms with Gasteiger partial charge in [-0.15, -0.1) is 0 Å². The van der Waals surface area contributed by atoms with Crippen molar-refractivity contribution in [2.45, 2.75) is 39.2 Å². The summed E-state index contributed by atoms with van der Waals surface area (Å²) >= 11 is 0. The normalized spacial score (nSPS) is 22.1. The van der Waals surface area contributed by atoms with Crippen LogP contribution >= 0.6 is 0 Å². The lowest BCUT2D eigenvalue weighted by Gasteiger charge is -2.31. The lowest BCUT2D eigenvalue weighted by atomic mass is 9.88. The van der Waals surface area contributed by atoms with Crippen molar-refractivity contribution in [2.24, 2.45) is 11.8 Å². The average Bonchev–Trinajstić information content (AvgIpc) is 2.96. The molecule has 1 aliphatic rings. The Labute approximate surface area is 130 Å². The van der Waals surface area contributed by atoms with Crippen LogP contribution in [-0.4, -0.2) is 28.0 Å². The highest BCUT2D eigenvalue weighted by Crippen LogP contribution is 2.28. The van der Waals surface area contributed by atoms with Crippen molar-refractivity contribution in [3.8, 4) is 17.1 Å². The zero-order valence-electron chi connectivity index (χ0n) is 13.0. The lowest BCUT2D eigenvalue weighted by molar-refractivity contribution is -0.0349. The summed E-state index contributed by atoms with van der Waals surface area (Å²) in [6.07, 6.45) is 3.23. The Bertz CT molecular complexity index is 607. The van der Waals surface area contributed by atoms with E-state index in [1.165, 1.54) is 0 Å². The minimum atomic E-state index is 0.231. The van der Waals surface area contributed by atoms with Gasteiger partial charge in [0.05, 0.1) is 6.10 Å². The molecule has 5 nitrogen and oxygen atoms in total. The van der Waals surface area contributed by atoms with Crippen LogP contribution in [0.15, 0.2) is 28.8 Å². The highest BCUT2D eigenvalue weighted by molar-refractivity contribution is 5.55. The number of phenolic OH excluding ortho intramolecular Hbond substituents is 1. The van der Waals surface area contributed by atoms with Gasteiger partial charge in [-0.25, -0.2) is 0 Å². The van der Waals surface area contributed by atoms with Crippen LogP contribution in [0.5, 0.6) is 5.75 Å². The summed E-state index contributed by atoms with van der Waals surface area (Å²) in [6.45, 7) is 5.21. The van der Waals surface area contributed by atoms with Crippen LogP contribution in [0.4, 0.5) is 0 Å². The molecule has 1 saturated heterocycles. The van der Waals surface area contributed by atoms with E-state index in [9.17, 15) is 5.11 Å². The molecule has 22 heavy (non-hydrogen) atoms. The molecule has 2 aromatic rings. The number of hydrogen-bond acceptors (Lipinski definition) is 5. The van der Waals surface area contributed by atoms with Crippen molar-refractivity contribution >= 4 is 0 Å². The van der Waals surface area contributed by atoms with Crippen LogP contribution in [0.1, 0.15) is 32.6 Å². The van der Waals surface area contributed by atoms with Crippen LogP contribution in [0, 0.1) is 11.8 Å². The molecule has 0 spiro atoms. The first-order valence-corrected chi connectivity index (χ1v) is 7.85. The summed E-state index contributed by atoms with van der Waals surface area (Å²) in [4.78, 5) is 4.47. The molecule has 1 aromatic heterocycles. The maximum Gasteiger partial charge on any atom is 0.227 e. The number of rotatable bonds is 4. The largest absolute Gasteiger partial charge is 0.508 e. The molecule has 1 fully saturated rings. The number of phenols is 1. The molecule has 5 heteroatoms. The molecule has 2 atom stereocenters. The van der Waals surface area contributed by atoms with Crippen molar-refractivity contribution in [1.82, 2.24) is 10.1 Å². The summed E-state index contributed by atoms with van der Waals surface area (Å²) in [5, 5.41) is 13.4. The second-order valence-corrected chi connectivity index (χ2v) is 6.31. The third-order valence-corrected chi connectivity index (χ3v) is 4.22. The number of aromatic hydroxyl groups is 1. The van der Waals surface area contributed by atoms with Gasteiger partial charge in [0, 0.05) is 18.6 Å². The molecule has 0 saturated carbocycles. The minimum absolute atomic E-state index is 0.231. The van der Waals surface area contributed by atoms with E-state index in [1.54, 1.807) is 24.3 Å². The predicted molar refractivity (Wildman–Crippen MR) is 82.4 cm³/mol. The Morgan fingerprint density at radius 3 is 2.77 bits per heavy atom. The molecule has 0 amide bonds. The fraction of sp³-hybridized carbons (Fsp3) is 0.529. The van der Waals surface area contributed by atoms with E-state index in [0.717, 1.165) is 31.4 Å². The van der Waals surface area contributed by atoms with Gasteiger partial charge < -0.3 is 14.4 Å². The van der Waals surface area contributed by atoms with E-state index in [1.807, 2.05) is 0 Å². The first kappa shape index (κ1) is 15.0. The van der Waals surface area contributed by atoms with Crippen LogP contribution in [0.2, 0.25) is 0 Å². The van der Waals surface area contributed by atoms with Gasteiger partial charge in [0.15, 0.2) is 0 Å². The molecule has 3 rings (SSSR count). The van der Waals surface area contributed by atoms with Crippen molar-refractivity contribution in [3.63, 3.8) is 0 Å². The van der Waals surface area contributed by atoms with Crippen LogP contribution in [0.25, 0.3) is 11.4 Å². The highest BCUT2D eigenvalue weighted by Gasteiger charge is 2.26. The van der Waals surface area contributed by atoms with Gasteiger partial charge in [0.2, 0.25) is 11.7 Å².